The Kier molecular flexibility index (Phi) is 1.99. The van der Waals surface area contributed by atoms with E-state index in [9.17, 15) is 0 Å². The predicted molar refractivity (Wildman–Crippen MR) is 55.4 cm³/mol. The summed E-state index contributed by atoms with van der Waals surface area (Å²) in [6.45, 7) is 8.27. The van der Waals surface area contributed by atoms with Crippen molar-refractivity contribution < 1.29 is 4.57 Å². The molecular weight excluding hydrogens is 190 g/mol. The maximum atomic E-state index is 4.46. The Labute approximate surface area is 88.8 Å². The minimum atomic E-state index is -0.0367. The lowest BCUT2D eigenvalue weighted by Crippen LogP contribution is -2.29. The number of fused-ring (bicyclic) bond motifs is 1. The van der Waals surface area contributed by atoms with Crippen LogP contribution in [0.15, 0.2) is 6.33 Å². The molecule has 0 radical (unpaired) electrons. The molecular formula is C10H16N5+. The summed E-state index contributed by atoms with van der Waals surface area (Å²) in [5.74, 6) is 2.54. The standard InChI is InChI=1S/C10H16N5/c1-7-12-8(10(2,3)4)15-9(13-7)14(5)6-11-15/h6H,1-5H3/q+1. The summed E-state index contributed by atoms with van der Waals surface area (Å²) in [6, 6.07) is 0. The smallest absolute Gasteiger partial charge is 0.227 e. The second-order valence-corrected chi connectivity index (χ2v) is 4.80. The first-order valence-electron chi connectivity index (χ1n) is 4.98. The van der Waals surface area contributed by atoms with E-state index in [2.05, 4.69) is 35.8 Å². The van der Waals surface area contributed by atoms with Gasteiger partial charge in [0.05, 0.1) is 7.05 Å². The fraction of sp³-hybridized carbons (Fsp3) is 0.600. The van der Waals surface area contributed by atoms with Gasteiger partial charge in [0.2, 0.25) is 6.33 Å². The van der Waals surface area contributed by atoms with Crippen molar-refractivity contribution in [3.8, 4) is 0 Å². The number of hydrogen-bond donors (Lipinski definition) is 0. The molecule has 0 amide bonds. The molecule has 5 heteroatoms. The maximum absolute atomic E-state index is 4.46. The summed E-state index contributed by atoms with van der Waals surface area (Å²) >= 11 is 0. The fourth-order valence-corrected chi connectivity index (χ4v) is 1.51. The second kappa shape index (κ2) is 2.98. The molecule has 80 valence electrons. The zero-order valence-electron chi connectivity index (χ0n) is 9.81. The number of aromatic nitrogens is 5. The topological polar surface area (TPSA) is 47.0 Å². The summed E-state index contributed by atoms with van der Waals surface area (Å²) in [7, 11) is 1.93. The Balaban J connectivity index is 2.84. The van der Waals surface area contributed by atoms with Crippen LogP contribution in [0.3, 0.4) is 0 Å². The first-order valence-corrected chi connectivity index (χ1v) is 4.98. The van der Waals surface area contributed by atoms with Crippen molar-refractivity contribution in [1.29, 1.82) is 0 Å². The largest absolute Gasteiger partial charge is 0.390 e. The summed E-state index contributed by atoms with van der Waals surface area (Å²) in [6.07, 6.45) is 1.75. The molecule has 5 nitrogen and oxygen atoms in total. The van der Waals surface area contributed by atoms with Gasteiger partial charge in [0.1, 0.15) is 0 Å². The van der Waals surface area contributed by atoms with Crippen LogP contribution in [-0.4, -0.2) is 19.6 Å². The molecule has 0 saturated carbocycles. The molecule has 0 saturated heterocycles. The van der Waals surface area contributed by atoms with Gasteiger partial charge in [-0.05, 0) is 5.10 Å². The van der Waals surface area contributed by atoms with Crippen LogP contribution in [0.2, 0.25) is 0 Å². The number of aryl methyl sites for hydroxylation is 2. The van der Waals surface area contributed by atoms with Gasteiger partial charge in [-0.25, -0.2) is 4.57 Å². The van der Waals surface area contributed by atoms with Crippen LogP contribution in [0, 0.1) is 6.92 Å². The van der Waals surface area contributed by atoms with Crippen molar-refractivity contribution in [2.45, 2.75) is 33.1 Å². The molecule has 0 aliphatic heterocycles. The lowest BCUT2D eigenvalue weighted by molar-refractivity contribution is -0.648. The molecule has 0 unspecified atom stereocenters. The molecule has 0 aliphatic carbocycles. The molecule has 2 aromatic heterocycles. The summed E-state index contributed by atoms with van der Waals surface area (Å²) in [5, 5.41) is 4.28. The third kappa shape index (κ3) is 1.58. The van der Waals surface area contributed by atoms with Gasteiger partial charge in [0.15, 0.2) is 11.6 Å². The van der Waals surface area contributed by atoms with Gasteiger partial charge in [-0.15, -0.1) is 0 Å². The van der Waals surface area contributed by atoms with Gasteiger partial charge >= 0.3 is 5.78 Å². The van der Waals surface area contributed by atoms with E-state index in [1.165, 1.54) is 0 Å². The summed E-state index contributed by atoms with van der Waals surface area (Å²) in [4.78, 5) is 8.82. The molecule has 0 fully saturated rings. The first-order chi connectivity index (χ1) is 6.89. The molecule has 0 aliphatic rings. The Bertz CT molecular complexity index is 506. The quantitative estimate of drug-likeness (QED) is 0.591. The minimum Gasteiger partial charge on any atom is -0.227 e. The highest BCUT2D eigenvalue weighted by atomic mass is 15.4. The van der Waals surface area contributed by atoms with Crippen LogP contribution in [0.4, 0.5) is 0 Å². The molecule has 15 heavy (non-hydrogen) atoms. The molecule has 2 rings (SSSR count). The van der Waals surface area contributed by atoms with Crippen LogP contribution in [0.25, 0.3) is 5.78 Å². The van der Waals surface area contributed by atoms with Gasteiger partial charge < -0.3 is 0 Å². The zero-order chi connectivity index (χ0) is 11.2. The summed E-state index contributed by atoms with van der Waals surface area (Å²) < 4.78 is 3.69. The van der Waals surface area contributed by atoms with E-state index in [1.54, 1.807) is 10.8 Å². The predicted octanol–water partition coefficient (Wildman–Crippen LogP) is 0.555. The third-order valence-corrected chi connectivity index (χ3v) is 2.25. The van der Waals surface area contributed by atoms with E-state index in [0.717, 1.165) is 17.4 Å². The number of nitrogens with zero attached hydrogens (tertiary/aromatic N) is 5. The SMILES string of the molecule is Cc1nc(C(C)(C)C)n2nc[n+](C)c2n1. The average molecular weight is 206 g/mol. The highest BCUT2D eigenvalue weighted by Gasteiger charge is 2.26. The lowest BCUT2D eigenvalue weighted by Gasteiger charge is -2.14. The third-order valence-electron chi connectivity index (χ3n) is 2.25. The van der Waals surface area contributed by atoms with E-state index in [-0.39, 0.29) is 5.41 Å². The van der Waals surface area contributed by atoms with Crippen LogP contribution >= 0.6 is 0 Å². The summed E-state index contributed by atoms with van der Waals surface area (Å²) in [5.41, 5.74) is -0.0367. The molecule has 0 N–H and O–H groups in total. The molecule has 0 atom stereocenters. The van der Waals surface area contributed by atoms with Crippen molar-refractivity contribution in [2.24, 2.45) is 7.05 Å². The zero-order valence-corrected chi connectivity index (χ0v) is 9.81. The van der Waals surface area contributed by atoms with Gasteiger partial charge in [0.25, 0.3) is 0 Å². The second-order valence-electron chi connectivity index (χ2n) is 4.80. The first kappa shape index (κ1) is 10.0. The lowest BCUT2D eigenvalue weighted by atomic mass is 9.96. The van der Waals surface area contributed by atoms with Crippen LogP contribution < -0.4 is 4.57 Å². The van der Waals surface area contributed by atoms with Crippen molar-refractivity contribution in [3.05, 3.63) is 18.0 Å². The van der Waals surface area contributed by atoms with E-state index in [1.807, 2.05) is 18.5 Å². The van der Waals surface area contributed by atoms with Crippen molar-refractivity contribution in [2.75, 3.05) is 0 Å². The Morgan fingerprint density at radius 2 is 1.93 bits per heavy atom. The Morgan fingerprint density at radius 1 is 1.27 bits per heavy atom. The van der Waals surface area contributed by atoms with E-state index < -0.39 is 0 Å². The Hall–Kier alpha value is -1.52. The Morgan fingerprint density at radius 3 is 2.53 bits per heavy atom. The van der Waals surface area contributed by atoms with E-state index in [0.29, 0.717) is 0 Å². The molecule has 2 heterocycles. The highest BCUT2D eigenvalue weighted by molar-refractivity contribution is 5.21. The molecule has 0 bridgehead atoms. The molecule has 2 aromatic rings. The van der Waals surface area contributed by atoms with E-state index >= 15 is 0 Å². The van der Waals surface area contributed by atoms with Crippen LogP contribution in [-0.2, 0) is 12.5 Å². The van der Waals surface area contributed by atoms with Gasteiger partial charge in [-0.2, -0.15) is 4.98 Å². The van der Waals surface area contributed by atoms with Crippen LogP contribution in [0.5, 0.6) is 0 Å². The number of rotatable bonds is 0. The van der Waals surface area contributed by atoms with Gasteiger partial charge in [0, 0.05) is 12.3 Å². The highest BCUT2D eigenvalue weighted by Crippen LogP contribution is 2.19. The average Bonchev–Trinajstić information content (AvgIpc) is 2.45. The van der Waals surface area contributed by atoms with Crippen molar-refractivity contribution >= 4 is 5.78 Å². The fourth-order valence-electron chi connectivity index (χ4n) is 1.51. The van der Waals surface area contributed by atoms with Gasteiger partial charge in [-0.1, -0.05) is 30.3 Å². The van der Waals surface area contributed by atoms with Crippen molar-refractivity contribution in [1.82, 2.24) is 19.6 Å². The minimum absolute atomic E-state index is 0.0367. The molecule has 0 aromatic carbocycles. The number of hydrogen-bond acceptors (Lipinski definition) is 3. The normalized spacial score (nSPS) is 12.3. The van der Waals surface area contributed by atoms with Crippen LogP contribution in [0.1, 0.15) is 32.4 Å². The van der Waals surface area contributed by atoms with Gasteiger partial charge in [-0.3, -0.25) is 0 Å². The van der Waals surface area contributed by atoms with E-state index in [4.69, 9.17) is 0 Å². The molecule has 0 spiro atoms. The maximum Gasteiger partial charge on any atom is 0.390 e. The van der Waals surface area contributed by atoms with Crippen molar-refractivity contribution in [3.63, 3.8) is 0 Å². The monoisotopic (exact) mass is 206 g/mol.